The number of carboxylic acids is 4. The van der Waals surface area contributed by atoms with E-state index in [-0.39, 0.29) is 12.2 Å². The van der Waals surface area contributed by atoms with Crippen molar-refractivity contribution in [2.45, 2.75) is 12.4 Å². The lowest BCUT2D eigenvalue weighted by Crippen LogP contribution is -2.64. The third kappa shape index (κ3) is 3.18. The number of aliphatic carboxylic acids is 4. The molecule has 0 unspecified atom stereocenters. The topological polar surface area (TPSA) is 149 Å². The van der Waals surface area contributed by atoms with Crippen LogP contribution in [0.25, 0.3) is 5.57 Å². The molecule has 4 N–H and O–H groups in total. The summed E-state index contributed by atoms with van der Waals surface area (Å²) in [4.78, 5) is 47.4. The van der Waals surface area contributed by atoms with E-state index in [9.17, 15) is 65.9 Å². The van der Waals surface area contributed by atoms with Crippen LogP contribution < -0.4 is 0 Å². The highest BCUT2D eigenvalue weighted by atomic mass is 19.4. The molecule has 1 aromatic rings. The average Bonchev–Trinajstić information content (AvgIpc) is 2.64. The summed E-state index contributed by atoms with van der Waals surface area (Å²) in [6.45, 7) is 0. The smallest absolute Gasteiger partial charge is 0.417 e. The molecule has 1 aromatic carbocycles. The minimum atomic E-state index is -6.09. The number of carboxylic acid groups (broad SMARTS) is 4. The minimum Gasteiger partial charge on any atom is -0.480 e. The summed E-state index contributed by atoms with van der Waals surface area (Å²) < 4.78 is 82.5. The molecule has 32 heavy (non-hydrogen) atoms. The summed E-state index contributed by atoms with van der Waals surface area (Å²) in [5, 5.41) is 37.8. The lowest BCUT2D eigenvalue weighted by atomic mass is 9.55. The first-order valence-corrected chi connectivity index (χ1v) is 8.08. The van der Waals surface area contributed by atoms with Crippen LogP contribution in [0.4, 0.5) is 26.3 Å². The first-order valence-electron chi connectivity index (χ1n) is 8.08. The molecule has 0 amide bonds. The average molecular weight is 468 g/mol. The Kier molecular flexibility index (Phi) is 5.64. The molecule has 2 rings (SSSR count). The Hall–Kier alpha value is -3.84. The first kappa shape index (κ1) is 24.4. The van der Waals surface area contributed by atoms with Gasteiger partial charge in [-0.25, -0.2) is 0 Å². The van der Waals surface area contributed by atoms with Crippen molar-refractivity contribution in [2.24, 2.45) is 10.8 Å². The van der Waals surface area contributed by atoms with Crippen LogP contribution in [0, 0.1) is 10.8 Å². The molecule has 14 heteroatoms. The number of hydrogen-bond donors (Lipinski definition) is 4. The lowest BCUT2D eigenvalue weighted by molar-refractivity contribution is -0.194. The van der Waals surface area contributed by atoms with Gasteiger partial charge in [0.25, 0.3) is 0 Å². The van der Waals surface area contributed by atoms with Crippen LogP contribution in [0.15, 0.2) is 42.0 Å². The molecular formula is C18H10F6O8. The van der Waals surface area contributed by atoms with Crippen LogP contribution in [0.3, 0.4) is 0 Å². The molecule has 0 heterocycles. The molecule has 0 atom stereocenters. The normalized spacial score (nSPS) is 17.7. The van der Waals surface area contributed by atoms with Gasteiger partial charge in [-0.1, -0.05) is 30.4 Å². The highest BCUT2D eigenvalue weighted by Gasteiger charge is 2.77. The van der Waals surface area contributed by atoms with Gasteiger partial charge < -0.3 is 20.4 Å². The Labute approximate surface area is 172 Å². The van der Waals surface area contributed by atoms with Gasteiger partial charge in [0.15, 0.2) is 0 Å². The molecule has 172 valence electrons. The predicted octanol–water partition coefficient (Wildman–Crippen LogP) is 2.90. The van der Waals surface area contributed by atoms with Crippen LogP contribution in [0.2, 0.25) is 0 Å². The van der Waals surface area contributed by atoms with E-state index >= 15 is 0 Å². The third-order valence-electron chi connectivity index (χ3n) is 4.86. The van der Waals surface area contributed by atoms with E-state index in [0.29, 0.717) is 12.1 Å². The van der Waals surface area contributed by atoms with E-state index in [1.54, 1.807) is 0 Å². The summed E-state index contributed by atoms with van der Waals surface area (Å²) in [5.74, 6) is -11.7. The van der Waals surface area contributed by atoms with E-state index in [1.807, 2.05) is 0 Å². The van der Waals surface area contributed by atoms with Crippen molar-refractivity contribution in [2.75, 3.05) is 0 Å². The molecule has 0 spiro atoms. The molecule has 0 saturated carbocycles. The molecule has 1 aliphatic carbocycles. The summed E-state index contributed by atoms with van der Waals surface area (Å²) in [7, 11) is 0. The van der Waals surface area contributed by atoms with Crippen LogP contribution in [0.1, 0.15) is 11.1 Å². The van der Waals surface area contributed by atoms with E-state index in [0.717, 1.165) is 12.1 Å². The number of carbonyl (C=O) groups is 4. The Morgan fingerprint density at radius 3 is 1.56 bits per heavy atom. The van der Waals surface area contributed by atoms with Gasteiger partial charge in [0.2, 0.25) is 10.8 Å². The van der Waals surface area contributed by atoms with Gasteiger partial charge in [0.05, 0.1) is 11.1 Å². The minimum absolute atomic E-state index is 0.0137. The van der Waals surface area contributed by atoms with E-state index < -0.39 is 69.3 Å². The van der Waals surface area contributed by atoms with Gasteiger partial charge in [0, 0.05) is 0 Å². The second kappa shape index (κ2) is 7.39. The van der Waals surface area contributed by atoms with Gasteiger partial charge in [-0.05, 0) is 17.2 Å². The fourth-order valence-corrected chi connectivity index (χ4v) is 3.57. The molecule has 0 aliphatic heterocycles. The van der Waals surface area contributed by atoms with Crippen molar-refractivity contribution >= 4 is 29.5 Å². The number of rotatable bonds is 5. The Balaban J connectivity index is 3.26. The second-order valence-electron chi connectivity index (χ2n) is 6.44. The highest BCUT2D eigenvalue weighted by molar-refractivity contribution is 6.19. The Bertz CT molecular complexity index is 1050. The molecule has 8 nitrogen and oxygen atoms in total. The van der Waals surface area contributed by atoms with Crippen molar-refractivity contribution in [3.8, 4) is 0 Å². The summed E-state index contributed by atoms with van der Waals surface area (Å²) in [5.41, 5.74) is -16.6. The monoisotopic (exact) mass is 468 g/mol. The summed E-state index contributed by atoms with van der Waals surface area (Å²) in [6.07, 6.45) is -11.6. The fraction of sp³-hybridized carbons (Fsp3) is 0.222. The second-order valence-corrected chi connectivity index (χ2v) is 6.44. The summed E-state index contributed by atoms with van der Waals surface area (Å²) >= 11 is 0. The number of allylic oxidation sites excluding steroid dienone is 2. The lowest BCUT2D eigenvalue weighted by Gasteiger charge is -2.42. The molecule has 0 saturated heterocycles. The summed E-state index contributed by atoms with van der Waals surface area (Å²) in [6, 6.07) is 2.41. The van der Waals surface area contributed by atoms with Gasteiger partial charge >= 0.3 is 36.2 Å². The zero-order chi connectivity index (χ0) is 24.9. The number of benzene rings is 1. The van der Waals surface area contributed by atoms with Crippen molar-refractivity contribution in [3.05, 3.63) is 53.1 Å². The predicted molar refractivity (Wildman–Crippen MR) is 89.0 cm³/mol. The molecular weight excluding hydrogens is 458 g/mol. The van der Waals surface area contributed by atoms with Crippen molar-refractivity contribution in [3.63, 3.8) is 0 Å². The quantitative estimate of drug-likeness (QED) is 0.381. The molecule has 0 radical (unpaired) electrons. The fourth-order valence-electron chi connectivity index (χ4n) is 3.57. The molecule has 0 fully saturated rings. The van der Waals surface area contributed by atoms with Gasteiger partial charge in [-0.3, -0.25) is 19.2 Å². The maximum atomic E-state index is 14.1. The van der Waals surface area contributed by atoms with Crippen LogP contribution in [-0.4, -0.2) is 50.5 Å². The number of halogens is 6. The molecule has 0 bridgehead atoms. The van der Waals surface area contributed by atoms with Crippen molar-refractivity contribution < 1.29 is 65.9 Å². The number of alkyl halides is 6. The van der Waals surface area contributed by atoms with Gasteiger partial charge in [0.1, 0.15) is 0 Å². The largest absolute Gasteiger partial charge is 0.480 e. The Morgan fingerprint density at radius 2 is 1.19 bits per heavy atom. The van der Waals surface area contributed by atoms with E-state index in [1.165, 1.54) is 0 Å². The van der Waals surface area contributed by atoms with Crippen LogP contribution >= 0.6 is 0 Å². The van der Waals surface area contributed by atoms with Gasteiger partial charge in [-0.15, -0.1) is 0 Å². The van der Waals surface area contributed by atoms with Crippen molar-refractivity contribution in [1.29, 1.82) is 0 Å². The zero-order valence-corrected chi connectivity index (χ0v) is 15.2. The first-order chi connectivity index (χ1) is 14.5. The Morgan fingerprint density at radius 1 is 0.719 bits per heavy atom. The van der Waals surface area contributed by atoms with E-state index in [4.69, 9.17) is 0 Å². The molecule has 1 aliphatic rings. The third-order valence-corrected chi connectivity index (χ3v) is 4.86. The zero-order valence-electron chi connectivity index (χ0n) is 15.2. The maximum Gasteiger partial charge on any atom is 0.417 e. The highest BCUT2D eigenvalue weighted by Crippen LogP contribution is 2.58. The standard InChI is InChI=1S/C18H10F6O8/c19-17(20,21)9-4-2-1-3-7(9)8-5-6-15(11(25)26,12(27)28)16(13(29)30,14(31)32)10(8)18(22,23)24/h1-6H,(H,25,26)(H,27,28)(H,29,30)(H,31,32). The van der Waals surface area contributed by atoms with Crippen molar-refractivity contribution in [1.82, 2.24) is 0 Å². The van der Waals surface area contributed by atoms with Crippen LogP contribution in [0.5, 0.6) is 0 Å². The number of hydrogen-bond acceptors (Lipinski definition) is 4. The van der Waals surface area contributed by atoms with Crippen LogP contribution in [-0.2, 0) is 25.4 Å². The maximum absolute atomic E-state index is 14.1. The van der Waals surface area contributed by atoms with E-state index in [2.05, 4.69) is 0 Å². The molecule has 0 aromatic heterocycles. The van der Waals surface area contributed by atoms with Gasteiger partial charge in [-0.2, -0.15) is 26.3 Å². The SMILES string of the molecule is O=C(O)C1(C(=O)O)C=CC(c2ccccc2C(F)(F)F)=C(C(F)(F)F)C1(C(=O)O)C(=O)O.